The lowest BCUT2D eigenvalue weighted by Crippen LogP contribution is -2.30. The number of likely N-dealkylation sites (tertiary alicyclic amines) is 1. The summed E-state index contributed by atoms with van der Waals surface area (Å²) in [6.45, 7) is 6.39. The van der Waals surface area contributed by atoms with E-state index in [0.29, 0.717) is 25.4 Å². The Morgan fingerprint density at radius 2 is 2.26 bits per heavy atom. The lowest BCUT2D eigenvalue weighted by Gasteiger charge is -2.16. The first-order chi connectivity index (χ1) is 10.9. The number of rotatable bonds is 6. The topological polar surface area (TPSA) is 45.2 Å². The van der Waals surface area contributed by atoms with E-state index in [-0.39, 0.29) is 5.91 Å². The number of hydrogen-bond donors (Lipinski definition) is 1. The van der Waals surface area contributed by atoms with E-state index in [2.05, 4.69) is 21.8 Å². The van der Waals surface area contributed by atoms with Gasteiger partial charge in [-0.15, -0.1) is 6.58 Å². The summed E-state index contributed by atoms with van der Waals surface area (Å²) < 4.78 is 37.4. The zero-order chi connectivity index (χ0) is 16.9. The molecular weight excluding hydrogens is 307 g/mol. The Labute approximate surface area is 133 Å². The van der Waals surface area contributed by atoms with Crippen LogP contribution in [0.25, 0.3) is 0 Å². The van der Waals surface area contributed by atoms with Gasteiger partial charge in [0.15, 0.2) is 0 Å². The fourth-order valence-electron chi connectivity index (χ4n) is 2.63. The standard InChI is InChI=1S/C16H20F3N3O/c1-2-3-15(23)21-9-13-6-7-22(11-13)10-12-4-5-14(20-8-12)16(17,18)19/h2,4-5,8,13H,1,3,6-7,9-11H2,(H,21,23). The molecule has 1 aromatic rings. The van der Waals surface area contributed by atoms with Crippen LogP contribution in [-0.4, -0.2) is 35.4 Å². The largest absolute Gasteiger partial charge is 0.433 e. The van der Waals surface area contributed by atoms with Crippen LogP contribution in [0.4, 0.5) is 13.2 Å². The number of aromatic nitrogens is 1. The first-order valence-corrected chi connectivity index (χ1v) is 7.50. The predicted octanol–water partition coefficient (Wildman–Crippen LogP) is 2.61. The van der Waals surface area contributed by atoms with E-state index in [1.165, 1.54) is 12.3 Å². The summed E-state index contributed by atoms with van der Waals surface area (Å²) in [7, 11) is 0. The van der Waals surface area contributed by atoms with Gasteiger partial charge in [0.2, 0.25) is 5.91 Å². The number of pyridine rings is 1. The average molecular weight is 327 g/mol. The Balaban J connectivity index is 1.79. The quantitative estimate of drug-likeness (QED) is 0.817. The molecule has 1 fully saturated rings. The van der Waals surface area contributed by atoms with Gasteiger partial charge in [0, 0.05) is 32.3 Å². The molecule has 2 heterocycles. The predicted molar refractivity (Wildman–Crippen MR) is 80.4 cm³/mol. The van der Waals surface area contributed by atoms with Crippen molar-refractivity contribution < 1.29 is 18.0 Å². The Hall–Kier alpha value is -1.89. The van der Waals surface area contributed by atoms with Gasteiger partial charge < -0.3 is 5.32 Å². The number of alkyl halides is 3. The van der Waals surface area contributed by atoms with Crippen LogP contribution in [0, 0.1) is 5.92 Å². The Morgan fingerprint density at radius 1 is 1.48 bits per heavy atom. The molecule has 1 aromatic heterocycles. The van der Waals surface area contributed by atoms with Crippen molar-refractivity contribution in [2.24, 2.45) is 5.92 Å². The molecule has 1 atom stereocenters. The van der Waals surface area contributed by atoms with Crippen LogP contribution in [0.1, 0.15) is 24.1 Å². The minimum atomic E-state index is -4.40. The highest BCUT2D eigenvalue weighted by Gasteiger charge is 2.32. The van der Waals surface area contributed by atoms with Crippen molar-refractivity contribution in [1.29, 1.82) is 0 Å². The van der Waals surface area contributed by atoms with Gasteiger partial charge in [0.05, 0.1) is 0 Å². The van der Waals surface area contributed by atoms with E-state index in [1.807, 2.05) is 0 Å². The van der Waals surface area contributed by atoms with Crippen LogP contribution < -0.4 is 5.32 Å². The molecule has 1 aliphatic heterocycles. The number of carbonyl (C=O) groups excluding carboxylic acids is 1. The van der Waals surface area contributed by atoms with Gasteiger partial charge in [-0.3, -0.25) is 14.7 Å². The molecule has 1 aliphatic rings. The monoisotopic (exact) mass is 327 g/mol. The summed E-state index contributed by atoms with van der Waals surface area (Å²) in [6.07, 6.45) is -0.285. The molecule has 0 spiro atoms. The highest BCUT2D eigenvalue weighted by atomic mass is 19.4. The highest BCUT2D eigenvalue weighted by Crippen LogP contribution is 2.27. The van der Waals surface area contributed by atoms with Crippen LogP contribution in [0.15, 0.2) is 31.0 Å². The highest BCUT2D eigenvalue weighted by molar-refractivity contribution is 5.77. The van der Waals surface area contributed by atoms with Crippen LogP contribution in [0.3, 0.4) is 0 Å². The molecular formula is C16H20F3N3O. The lowest BCUT2D eigenvalue weighted by molar-refractivity contribution is -0.141. The number of amides is 1. The van der Waals surface area contributed by atoms with Crippen molar-refractivity contribution >= 4 is 5.91 Å². The minimum Gasteiger partial charge on any atom is -0.356 e. The maximum absolute atomic E-state index is 12.5. The van der Waals surface area contributed by atoms with Crippen molar-refractivity contribution in [2.45, 2.75) is 25.6 Å². The van der Waals surface area contributed by atoms with Crippen molar-refractivity contribution in [3.63, 3.8) is 0 Å². The number of carbonyl (C=O) groups is 1. The molecule has 0 saturated carbocycles. The fraction of sp³-hybridized carbons (Fsp3) is 0.500. The maximum Gasteiger partial charge on any atom is 0.433 e. The summed E-state index contributed by atoms with van der Waals surface area (Å²) in [5, 5.41) is 2.86. The van der Waals surface area contributed by atoms with Gasteiger partial charge >= 0.3 is 6.18 Å². The SMILES string of the molecule is C=CCC(=O)NCC1CCN(Cc2ccc(C(F)(F)F)nc2)C1. The van der Waals surface area contributed by atoms with E-state index >= 15 is 0 Å². The lowest BCUT2D eigenvalue weighted by atomic mass is 10.1. The van der Waals surface area contributed by atoms with Crippen LogP contribution in [-0.2, 0) is 17.5 Å². The zero-order valence-corrected chi connectivity index (χ0v) is 12.8. The second-order valence-electron chi connectivity index (χ2n) is 5.74. The third-order valence-electron chi connectivity index (χ3n) is 3.81. The number of hydrogen-bond acceptors (Lipinski definition) is 3. The minimum absolute atomic E-state index is 0.0367. The Bertz CT molecular complexity index is 542. The molecule has 1 N–H and O–H groups in total. The van der Waals surface area contributed by atoms with Crippen LogP contribution in [0.5, 0.6) is 0 Å². The van der Waals surface area contributed by atoms with Gasteiger partial charge in [0.25, 0.3) is 0 Å². The molecule has 23 heavy (non-hydrogen) atoms. The fourth-order valence-corrected chi connectivity index (χ4v) is 2.63. The van der Waals surface area contributed by atoms with Crippen molar-refractivity contribution in [1.82, 2.24) is 15.2 Å². The first kappa shape index (κ1) is 17.5. The molecule has 1 saturated heterocycles. The molecule has 4 nitrogen and oxygen atoms in total. The number of nitrogens with one attached hydrogen (secondary N) is 1. The Morgan fingerprint density at radius 3 is 2.87 bits per heavy atom. The molecule has 1 amide bonds. The average Bonchev–Trinajstić information content (AvgIpc) is 2.93. The smallest absolute Gasteiger partial charge is 0.356 e. The summed E-state index contributed by atoms with van der Waals surface area (Å²) in [5.41, 5.74) is -0.111. The van der Waals surface area contributed by atoms with E-state index in [9.17, 15) is 18.0 Å². The molecule has 0 radical (unpaired) electrons. The molecule has 126 valence electrons. The second-order valence-corrected chi connectivity index (χ2v) is 5.74. The summed E-state index contributed by atoms with van der Waals surface area (Å²) in [5.74, 6) is 0.330. The van der Waals surface area contributed by atoms with Gasteiger partial charge in [-0.1, -0.05) is 12.1 Å². The van der Waals surface area contributed by atoms with Crippen LogP contribution in [0.2, 0.25) is 0 Å². The normalized spacial score (nSPS) is 18.8. The van der Waals surface area contributed by atoms with E-state index in [0.717, 1.165) is 31.1 Å². The van der Waals surface area contributed by atoms with E-state index in [4.69, 9.17) is 0 Å². The number of nitrogens with zero attached hydrogens (tertiary/aromatic N) is 2. The van der Waals surface area contributed by atoms with Crippen molar-refractivity contribution in [2.75, 3.05) is 19.6 Å². The van der Waals surface area contributed by atoms with Crippen molar-refractivity contribution in [3.8, 4) is 0 Å². The molecule has 0 aromatic carbocycles. The summed E-state index contributed by atoms with van der Waals surface area (Å²) in [4.78, 5) is 17.0. The maximum atomic E-state index is 12.5. The third kappa shape index (κ3) is 5.35. The van der Waals surface area contributed by atoms with E-state index < -0.39 is 11.9 Å². The van der Waals surface area contributed by atoms with Crippen molar-refractivity contribution in [3.05, 3.63) is 42.2 Å². The second kappa shape index (κ2) is 7.59. The zero-order valence-electron chi connectivity index (χ0n) is 12.8. The molecule has 1 unspecified atom stereocenters. The van der Waals surface area contributed by atoms with Gasteiger partial charge in [-0.25, -0.2) is 0 Å². The van der Waals surface area contributed by atoms with E-state index in [1.54, 1.807) is 6.08 Å². The molecule has 0 bridgehead atoms. The molecule has 7 heteroatoms. The van der Waals surface area contributed by atoms with Gasteiger partial charge in [-0.2, -0.15) is 13.2 Å². The molecule has 0 aliphatic carbocycles. The summed E-state index contributed by atoms with van der Waals surface area (Å²) in [6, 6.07) is 2.48. The van der Waals surface area contributed by atoms with Gasteiger partial charge in [-0.05, 0) is 30.5 Å². The van der Waals surface area contributed by atoms with Crippen LogP contribution >= 0.6 is 0 Å². The Kier molecular flexibility index (Phi) is 5.76. The number of halogens is 3. The first-order valence-electron chi connectivity index (χ1n) is 7.50. The van der Waals surface area contributed by atoms with Gasteiger partial charge in [0.1, 0.15) is 5.69 Å². The molecule has 2 rings (SSSR count). The summed E-state index contributed by atoms with van der Waals surface area (Å²) >= 11 is 0. The third-order valence-corrected chi connectivity index (χ3v) is 3.81.